The first kappa shape index (κ1) is 18.3. The van der Waals surface area contributed by atoms with E-state index in [1.54, 1.807) is 19.2 Å². The fraction of sp³-hybridized carbons (Fsp3) is 0.450. The number of aromatic hydroxyl groups is 1. The van der Waals surface area contributed by atoms with Crippen molar-refractivity contribution in [2.24, 2.45) is 5.73 Å². The summed E-state index contributed by atoms with van der Waals surface area (Å²) in [5.41, 5.74) is 9.83. The van der Waals surface area contributed by atoms with Gasteiger partial charge in [-0.1, -0.05) is 13.0 Å². The Hall–Kier alpha value is -2.47. The van der Waals surface area contributed by atoms with Crippen LogP contribution in [0, 0.1) is 5.41 Å². The molecule has 0 saturated carbocycles. The third-order valence-electron chi connectivity index (χ3n) is 5.28. The minimum Gasteiger partial charge on any atom is -0.508 e. The Morgan fingerprint density at radius 1 is 1.38 bits per heavy atom. The van der Waals surface area contributed by atoms with Gasteiger partial charge < -0.3 is 31.2 Å². The highest BCUT2D eigenvalue weighted by atomic mass is 16.5. The smallest absolute Gasteiger partial charge is 0.115 e. The van der Waals surface area contributed by atoms with Crippen molar-refractivity contribution in [2.45, 2.75) is 38.3 Å². The highest BCUT2D eigenvalue weighted by Gasteiger charge is 2.28. The van der Waals surface area contributed by atoms with Gasteiger partial charge in [-0.05, 0) is 48.6 Å². The largest absolute Gasteiger partial charge is 0.508 e. The molecule has 140 valence electrons. The summed E-state index contributed by atoms with van der Waals surface area (Å²) in [5.74, 6) is 1.19. The average molecular weight is 356 g/mol. The van der Waals surface area contributed by atoms with Crippen molar-refractivity contribution < 1.29 is 9.84 Å². The molecule has 0 amide bonds. The van der Waals surface area contributed by atoms with Crippen LogP contribution in [0.5, 0.6) is 5.75 Å². The van der Waals surface area contributed by atoms with Crippen LogP contribution in [0.2, 0.25) is 0 Å². The Labute approximate surface area is 154 Å². The van der Waals surface area contributed by atoms with E-state index in [4.69, 9.17) is 15.9 Å². The molecule has 1 aromatic carbocycles. The minimum atomic E-state index is -0.0793. The van der Waals surface area contributed by atoms with Crippen molar-refractivity contribution in [1.29, 1.82) is 5.41 Å². The lowest BCUT2D eigenvalue weighted by molar-refractivity contribution is 0.0479. The van der Waals surface area contributed by atoms with E-state index < -0.39 is 0 Å². The topological polar surface area (TPSA) is 94.6 Å². The maximum atomic E-state index is 9.78. The second kappa shape index (κ2) is 7.83. The zero-order valence-corrected chi connectivity index (χ0v) is 15.5. The minimum absolute atomic E-state index is 0.0793. The van der Waals surface area contributed by atoms with Gasteiger partial charge in [-0.25, -0.2) is 0 Å². The second-order valence-corrected chi connectivity index (χ2v) is 6.81. The number of piperidine rings is 1. The molecule has 0 bridgehead atoms. The molecule has 1 fully saturated rings. The normalized spacial score (nSPS) is 21.4. The summed E-state index contributed by atoms with van der Waals surface area (Å²) in [4.78, 5) is 2.26. The van der Waals surface area contributed by atoms with Crippen LogP contribution in [0.4, 0.5) is 0 Å². The number of hydrogen-bond acceptors (Lipinski definition) is 6. The van der Waals surface area contributed by atoms with Crippen molar-refractivity contribution in [3.05, 3.63) is 52.5 Å². The van der Waals surface area contributed by atoms with E-state index >= 15 is 0 Å². The molecule has 2 aliphatic rings. The van der Waals surface area contributed by atoms with Crippen molar-refractivity contribution in [1.82, 2.24) is 10.2 Å². The third-order valence-corrected chi connectivity index (χ3v) is 5.28. The van der Waals surface area contributed by atoms with Gasteiger partial charge in [0.15, 0.2) is 0 Å². The Bertz CT molecular complexity index is 733. The number of phenolic OH excluding ortho intramolecular Hbond substituents is 1. The van der Waals surface area contributed by atoms with Crippen LogP contribution >= 0.6 is 0 Å². The molecular formula is C20H28N4O2. The lowest BCUT2D eigenvalue weighted by Crippen LogP contribution is -2.43. The molecule has 0 aromatic heterocycles. The number of ether oxygens (including phenoxy) is 1. The maximum absolute atomic E-state index is 9.78. The maximum Gasteiger partial charge on any atom is 0.115 e. The summed E-state index contributed by atoms with van der Waals surface area (Å²) in [6.45, 7) is 3.81. The second-order valence-electron chi connectivity index (χ2n) is 6.81. The Morgan fingerprint density at radius 2 is 2.12 bits per heavy atom. The van der Waals surface area contributed by atoms with E-state index in [1.807, 2.05) is 12.1 Å². The number of allylic oxidation sites excluding steroid dienone is 1. The molecule has 1 unspecified atom stereocenters. The Morgan fingerprint density at radius 3 is 2.73 bits per heavy atom. The highest BCUT2D eigenvalue weighted by Crippen LogP contribution is 2.31. The van der Waals surface area contributed by atoms with Gasteiger partial charge >= 0.3 is 0 Å². The number of nitrogens with one attached hydrogen (secondary N) is 2. The van der Waals surface area contributed by atoms with Crippen molar-refractivity contribution >= 4 is 6.21 Å². The molecule has 1 aromatic rings. The van der Waals surface area contributed by atoms with Crippen molar-refractivity contribution in [2.75, 3.05) is 20.2 Å². The molecule has 6 heteroatoms. The third kappa shape index (κ3) is 3.55. The summed E-state index contributed by atoms with van der Waals surface area (Å²) in [7, 11) is 1.76. The summed E-state index contributed by atoms with van der Waals surface area (Å²) in [6, 6.07) is 5.38. The molecular weight excluding hydrogens is 328 g/mol. The van der Waals surface area contributed by atoms with E-state index in [1.165, 1.54) is 6.21 Å². The fourth-order valence-electron chi connectivity index (χ4n) is 3.77. The zero-order valence-electron chi connectivity index (χ0n) is 15.5. The molecule has 1 atom stereocenters. The molecule has 0 spiro atoms. The molecule has 0 radical (unpaired) electrons. The average Bonchev–Trinajstić information content (AvgIpc) is 2.67. The van der Waals surface area contributed by atoms with Gasteiger partial charge in [0, 0.05) is 32.1 Å². The SMILES string of the molecule is CCc1cc(O)ccc1C1C=C(N)C(C=N)=C(N2CCC(OC)CC2)N1. The molecule has 6 nitrogen and oxygen atoms in total. The quantitative estimate of drug-likeness (QED) is 0.608. The number of nitrogens with zero attached hydrogens (tertiary/aromatic N) is 1. The predicted octanol–water partition coefficient (Wildman–Crippen LogP) is 2.41. The number of methoxy groups -OCH3 is 1. The summed E-state index contributed by atoms with van der Waals surface area (Å²) < 4.78 is 5.47. The lowest BCUT2D eigenvalue weighted by Gasteiger charge is -2.39. The van der Waals surface area contributed by atoms with Crippen LogP contribution in [0.25, 0.3) is 0 Å². The van der Waals surface area contributed by atoms with Crippen LogP contribution in [0.1, 0.15) is 36.9 Å². The monoisotopic (exact) mass is 356 g/mol. The number of likely N-dealkylation sites (tertiary alicyclic amines) is 1. The molecule has 3 rings (SSSR count). The van der Waals surface area contributed by atoms with E-state index in [2.05, 4.69) is 17.1 Å². The number of aryl methyl sites for hydroxylation is 1. The van der Waals surface area contributed by atoms with Crippen molar-refractivity contribution in [3.63, 3.8) is 0 Å². The predicted molar refractivity (Wildman–Crippen MR) is 103 cm³/mol. The van der Waals surface area contributed by atoms with Gasteiger partial charge in [0.1, 0.15) is 11.6 Å². The first-order valence-electron chi connectivity index (χ1n) is 9.15. The Balaban J connectivity index is 1.90. The van der Waals surface area contributed by atoms with Gasteiger partial charge in [0.05, 0.1) is 17.7 Å². The molecule has 1 saturated heterocycles. The molecule has 0 aliphatic carbocycles. The van der Waals surface area contributed by atoms with Gasteiger partial charge in [-0.2, -0.15) is 0 Å². The molecule has 2 aliphatic heterocycles. The molecule has 26 heavy (non-hydrogen) atoms. The molecule has 5 N–H and O–H groups in total. The van der Waals surface area contributed by atoms with Gasteiger partial charge in [0.2, 0.25) is 0 Å². The number of rotatable bonds is 5. The van der Waals surface area contributed by atoms with Gasteiger partial charge in [-0.15, -0.1) is 0 Å². The number of dihydropyridines is 1. The van der Waals surface area contributed by atoms with Gasteiger partial charge in [-0.3, -0.25) is 0 Å². The van der Waals surface area contributed by atoms with Gasteiger partial charge in [0.25, 0.3) is 0 Å². The van der Waals surface area contributed by atoms with Crippen molar-refractivity contribution in [3.8, 4) is 5.75 Å². The summed E-state index contributed by atoms with van der Waals surface area (Å²) in [5, 5.41) is 21.2. The number of benzene rings is 1. The van der Waals surface area contributed by atoms with E-state index in [0.717, 1.165) is 54.9 Å². The van der Waals surface area contributed by atoms with E-state index in [-0.39, 0.29) is 11.8 Å². The number of hydrogen-bond donors (Lipinski definition) is 4. The Kier molecular flexibility index (Phi) is 5.52. The number of phenols is 1. The number of nitrogens with two attached hydrogens (primary N) is 1. The fourth-order valence-corrected chi connectivity index (χ4v) is 3.77. The van der Waals surface area contributed by atoms with Crippen LogP contribution in [0.15, 0.2) is 41.4 Å². The zero-order chi connectivity index (χ0) is 18.7. The first-order chi connectivity index (χ1) is 12.6. The van der Waals surface area contributed by atoms with E-state index in [0.29, 0.717) is 11.8 Å². The highest BCUT2D eigenvalue weighted by molar-refractivity contribution is 5.83. The van der Waals surface area contributed by atoms with Crippen LogP contribution < -0.4 is 11.1 Å². The van der Waals surface area contributed by atoms with Crippen LogP contribution in [0.3, 0.4) is 0 Å². The van der Waals surface area contributed by atoms with E-state index in [9.17, 15) is 5.11 Å². The molecule has 2 heterocycles. The standard InChI is InChI=1S/C20H28N4O2/c1-3-13-10-14(25)4-5-16(13)19-11-18(22)17(12-21)20(23-19)24-8-6-15(26-2)7-9-24/h4-5,10-12,15,19,21,23,25H,3,6-9,22H2,1-2H3. The summed E-state index contributed by atoms with van der Waals surface area (Å²) >= 11 is 0. The first-order valence-corrected chi connectivity index (χ1v) is 9.15. The van der Waals surface area contributed by atoms with Crippen LogP contribution in [-0.4, -0.2) is 42.5 Å². The lowest BCUT2D eigenvalue weighted by atomic mass is 9.94. The van der Waals surface area contributed by atoms with Crippen LogP contribution in [-0.2, 0) is 11.2 Å². The summed E-state index contributed by atoms with van der Waals surface area (Å²) in [6.07, 6.45) is 6.32.